The van der Waals surface area contributed by atoms with Gasteiger partial charge in [0.05, 0.1) is 11.4 Å². The molecule has 0 spiro atoms. The molecule has 3 aromatic rings. The Morgan fingerprint density at radius 3 is 2.75 bits per heavy atom. The summed E-state index contributed by atoms with van der Waals surface area (Å²) in [7, 11) is 1.50. The number of carbonyl (C=O) groups excluding carboxylic acids is 1. The molecule has 0 aliphatic carbocycles. The zero-order chi connectivity index (χ0) is 19.9. The van der Waals surface area contributed by atoms with Crippen LogP contribution in [0.2, 0.25) is 0 Å². The average molecular weight is 381 g/mol. The van der Waals surface area contributed by atoms with E-state index in [9.17, 15) is 14.3 Å². The highest BCUT2D eigenvalue weighted by atomic mass is 19.1. The first-order valence-electron chi connectivity index (χ1n) is 8.37. The second-order valence-corrected chi connectivity index (χ2v) is 6.31. The lowest BCUT2D eigenvalue weighted by atomic mass is 9.84. The SMILES string of the molecule is CN1C(=O)C(c2ccc(O)c(-c3ccon3)c2)(c2cccc(CF)n2)N=C1N. The van der Waals surface area contributed by atoms with Gasteiger partial charge in [-0.25, -0.2) is 9.38 Å². The maximum atomic E-state index is 13.2. The minimum Gasteiger partial charge on any atom is -0.507 e. The molecule has 3 N–H and O–H groups in total. The van der Waals surface area contributed by atoms with Crippen molar-refractivity contribution < 1.29 is 18.8 Å². The summed E-state index contributed by atoms with van der Waals surface area (Å²) in [5.41, 5.74) is 5.87. The highest BCUT2D eigenvalue weighted by Crippen LogP contribution is 2.41. The molecule has 2 aromatic heterocycles. The lowest BCUT2D eigenvalue weighted by Crippen LogP contribution is -2.41. The van der Waals surface area contributed by atoms with Gasteiger partial charge < -0.3 is 15.4 Å². The molecular formula is C19H16FN5O3. The number of aromatic nitrogens is 2. The van der Waals surface area contributed by atoms with Crippen molar-refractivity contribution in [2.24, 2.45) is 10.7 Å². The van der Waals surface area contributed by atoms with E-state index >= 15 is 0 Å². The smallest absolute Gasteiger partial charge is 0.267 e. The first kappa shape index (κ1) is 17.7. The van der Waals surface area contributed by atoms with Crippen LogP contribution >= 0.6 is 0 Å². The highest BCUT2D eigenvalue weighted by molar-refractivity contribution is 6.08. The second-order valence-electron chi connectivity index (χ2n) is 6.31. The van der Waals surface area contributed by atoms with Gasteiger partial charge in [-0.1, -0.05) is 17.3 Å². The number of likely N-dealkylation sites (N-methyl/N-ethyl adjacent to an activating group) is 1. The highest BCUT2D eigenvalue weighted by Gasteiger charge is 2.51. The number of nitrogens with zero attached hydrogens (tertiary/aromatic N) is 4. The van der Waals surface area contributed by atoms with Gasteiger partial charge in [0.25, 0.3) is 5.91 Å². The van der Waals surface area contributed by atoms with E-state index in [0.717, 1.165) is 0 Å². The third-order valence-electron chi connectivity index (χ3n) is 4.68. The molecule has 0 radical (unpaired) electrons. The number of hydrogen-bond acceptors (Lipinski definition) is 7. The summed E-state index contributed by atoms with van der Waals surface area (Å²) >= 11 is 0. The van der Waals surface area contributed by atoms with Crippen LogP contribution in [0.15, 0.2) is 58.2 Å². The Balaban J connectivity index is 1.98. The molecular weight excluding hydrogens is 365 g/mol. The summed E-state index contributed by atoms with van der Waals surface area (Å²) in [6.07, 6.45) is 1.37. The topological polar surface area (TPSA) is 118 Å². The van der Waals surface area contributed by atoms with Gasteiger partial charge in [-0.05, 0) is 29.8 Å². The van der Waals surface area contributed by atoms with Crippen molar-refractivity contribution >= 4 is 11.9 Å². The molecule has 1 amide bonds. The number of pyridine rings is 1. The van der Waals surface area contributed by atoms with Crippen molar-refractivity contribution in [1.29, 1.82) is 0 Å². The molecule has 142 valence electrons. The van der Waals surface area contributed by atoms with E-state index in [1.54, 1.807) is 30.3 Å². The van der Waals surface area contributed by atoms with E-state index < -0.39 is 18.1 Å². The van der Waals surface area contributed by atoms with Crippen LogP contribution in [0.1, 0.15) is 17.0 Å². The first-order valence-corrected chi connectivity index (χ1v) is 8.37. The van der Waals surface area contributed by atoms with E-state index in [2.05, 4.69) is 15.1 Å². The molecule has 28 heavy (non-hydrogen) atoms. The second kappa shape index (κ2) is 6.45. The molecule has 0 fully saturated rings. The molecule has 1 aliphatic heterocycles. The largest absolute Gasteiger partial charge is 0.507 e. The molecule has 1 aliphatic rings. The number of guanidine groups is 1. The van der Waals surface area contributed by atoms with Gasteiger partial charge in [0.1, 0.15) is 24.4 Å². The molecule has 1 unspecified atom stereocenters. The van der Waals surface area contributed by atoms with Gasteiger partial charge >= 0.3 is 0 Å². The summed E-state index contributed by atoms with van der Waals surface area (Å²) in [6.45, 7) is -0.785. The molecule has 0 saturated carbocycles. The van der Waals surface area contributed by atoms with Crippen LogP contribution in [0.3, 0.4) is 0 Å². The molecule has 9 heteroatoms. The van der Waals surface area contributed by atoms with Crippen LogP contribution in [0.4, 0.5) is 4.39 Å². The summed E-state index contributed by atoms with van der Waals surface area (Å²) in [5, 5.41) is 14.1. The third kappa shape index (κ3) is 2.51. The number of phenolic OH excluding ortho intramolecular Hbond substituents is 1. The summed E-state index contributed by atoms with van der Waals surface area (Å²) in [6, 6.07) is 10.8. The first-order chi connectivity index (χ1) is 13.5. The van der Waals surface area contributed by atoms with Crippen molar-refractivity contribution in [3.63, 3.8) is 0 Å². The maximum absolute atomic E-state index is 13.2. The average Bonchev–Trinajstić information content (AvgIpc) is 3.32. The zero-order valence-electron chi connectivity index (χ0n) is 14.8. The number of hydrogen-bond donors (Lipinski definition) is 2. The summed E-state index contributed by atoms with van der Waals surface area (Å²) < 4.78 is 18.0. The number of amides is 1. The van der Waals surface area contributed by atoms with Gasteiger partial charge in [-0.15, -0.1) is 0 Å². The number of phenols is 1. The number of benzene rings is 1. The molecule has 1 aromatic carbocycles. The van der Waals surface area contributed by atoms with Crippen LogP contribution in [-0.4, -0.2) is 39.1 Å². The molecule has 0 saturated heterocycles. The zero-order valence-corrected chi connectivity index (χ0v) is 14.8. The molecule has 8 nitrogen and oxygen atoms in total. The van der Waals surface area contributed by atoms with Crippen LogP contribution in [-0.2, 0) is 17.0 Å². The monoisotopic (exact) mass is 381 g/mol. The molecule has 1 atom stereocenters. The number of aromatic hydroxyl groups is 1. The predicted octanol–water partition coefficient (Wildman–Crippen LogP) is 1.94. The Morgan fingerprint density at radius 1 is 1.29 bits per heavy atom. The number of alkyl halides is 1. The Labute approximate surface area is 159 Å². The van der Waals surface area contributed by atoms with E-state index in [1.165, 1.54) is 30.3 Å². The van der Waals surface area contributed by atoms with Crippen LogP contribution < -0.4 is 5.73 Å². The Kier molecular flexibility index (Phi) is 4.07. The van der Waals surface area contributed by atoms with Crippen molar-refractivity contribution in [1.82, 2.24) is 15.0 Å². The fraction of sp³-hybridized carbons (Fsp3) is 0.158. The Hall–Kier alpha value is -3.75. The predicted molar refractivity (Wildman–Crippen MR) is 97.8 cm³/mol. The minimum absolute atomic E-state index is 0.00788. The quantitative estimate of drug-likeness (QED) is 0.713. The fourth-order valence-electron chi connectivity index (χ4n) is 3.22. The lowest BCUT2D eigenvalue weighted by molar-refractivity contribution is -0.129. The van der Waals surface area contributed by atoms with Gasteiger partial charge in [0.2, 0.25) is 5.54 Å². The van der Waals surface area contributed by atoms with Crippen LogP contribution in [0.25, 0.3) is 11.3 Å². The Bertz CT molecular complexity index is 1080. The number of nitrogens with two attached hydrogens (primary N) is 1. The van der Waals surface area contributed by atoms with Gasteiger partial charge in [-0.3, -0.25) is 14.7 Å². The van der Waals surface area contributed by atoms with E-state index in [0.29, 0.717) is 16.8 Å². The number of aliphatic imine (C=N–C) groups is 1. The van der Waals surface area contributed by atoms with Crippen molar-refractivity contribution in [2.45, 2.75) is 12.2 Å². The van der Waals surface area contributed by atoms with E-state index in [-0.39, 0.29) is 23.1 Å². The lowest BCUT2D eigenvalue weighted by Gasteiger charge is -2.25. The number of rotatable bonds is 4. The van der Waals surface area contributed by atoms with Gasteiger partial charge in [0, 0.05) is 18.7 Å². The Morgan fingerprint density at radius 2 is 2.11 bits per heavy atom. The van der Waals surface area contributed by atoms with Crippen LogP contribution in [0, 0.1) is 0 Å². The van der Waals surface area contributed by atoms with Crippen molar-refractivity contribution in [2.75, 3.05) is 7.05 Å². The van der Waals surface area contributed by atoms with Gasteiger partial charge in [-0.2, -0.15) is 0 Å². The molecule has 3 heterocycles. The minimum atomic E-state index is -1.60. The summed E-state index contributed by atoms with van der Waals surface area (Å²) in [5.74, 6) is -0.479. The van der Waals surface area contributed by atoms with E-state index in [4.69, 9.17) is 10.3 Å². The standard InChI is InChI=1S/C19H16FN5O3/c1-25-17(27)19(23-18(25)21,16-4-2-3-12(10-20)22-16)11-5-6-15(26)13(9-11)14-7-8-28-24-14/h2-9,26H,10H2,1H3,(H2,21,23). The third-order valence-corrected chi connectivity index (χ3v) is 4.68. The number of halogens is 1. The maximum Gasteiger partial charge on any atom is 0.267 e. The fourth-order valence-corrected chi connectivity index (χ4v) is 3.22. The van der Waals surface area contributed by atoms with Gasteiger partial charge in [0.15, 0.2) is 5.96 Å². The van der Waals surface area contributed by atoms with Crippen LogP contribution in [0.5, 0.6) is 5.75 Å². The summed E-state index contributed by atoms with van der Waals surface area (Å²) in [4.78, 5) is 23.1. The molecule has 0 bridgehead atoms. The number of carbonyl (C=O) groups is 1. The molecule has 4 rings (SSSR count). The normalized spacial score (nSPS) is 19.1. The van der Waals surface area contributed by atoms with Crippen molar-refractivity contribution in [3.05, 3.63) is 65.7 Å². The van der Waals surface area contributed by atoms with Crippen molar-refractivity contribution in [3.8, 4) is 17.0 Å². The van der Waals surface area contributed by atoms with E-state index in [1.807, 2.05) is 0 Å².